The van der Waals surface area contributed by atoms with Gasteiger partial charge in [0.1, 0.15) is 11.6 Å². The molecule has 1 aliphatic rings. The molecule has 29 heavy (non-hydrogen) atoms. The maximum atomic E-state index is 12.1. The molecule has 0 aliphatic carbocycles. The second-order valence-corrected chi connectivity index (χ2v) is 8.05. The Hall–Kier alpha value is -2.60. The summed E-state index contributed by atoms with van der Waals surface area (Å²) in [5.74, 6) is 2.05. The number of benzene rings is 1. The molecule has 1 aromatic carbocycles. The van der Waals surface area contributed by atoms with Gasteiger partial charge in [-0.1, -0.05) is 26.0 Å². The third-order valence-electron chi connectivity index (χ3n) is 5.36. The van der Waals surface area contributed by atoms with Crippen molar-refractivity contribution in [2.45, 2.75) is 33.2 Å². The van der Waals surface area contributed by atoms with Crippen molar-refractivity contribution in [2.24, 2.45) is 0 Å². The van der Waals surface area contributed by atoms with Crippen LogP contribution in [0.1, 0.15) is 36.5 Å². The van der Waals surface area contributed by atoms with E-state index in [1.807, 2.05) is 30.5 Å². The highest BCUT2D eigenvalue weighted by molar-refractivity contribution is 5.77. The lowest BCUT2D eigenvalue weighted by atomic mass is 9.98. The van der Waals surface area contributed by atoms with Gasteiger partial charge in [0.25, 0.3) is 5.91 Å². The van der Waals surface area contributed by atoms with Crippen molar-refractivity contribution in [3.8, 4) is 5.75 Å². The average Bonchev–Trinajstić information content (AvgIpc) is 2.71. The molecule has 156 valence electrons. The van der Waals surface area contributed by atoms with Crippen molar-refractivity contribution in [2.75, 3.05) is 44.7 Å². The SMILES string of the molecule is Cc1cc(OCC(=O)NCc2ccc(N3CCN(C)CC3)nc2)ccc1C(C)C. The zero-order valence-electron chi connectivity index (χ0n) is 17.9. The van der Waals surface area contributed by atoms with Gasteiger partial charge in [-0.25, -0.2) is 4.98 Å². The van der Waals surface area contributed by atoms with Crippen molar-refractivity contribution < 1.29 is 9.53 Å². The third kappa shape index (κ3) is 5.94. The summed E-state index contributed by atoms with van der Waals surface area (Å²) in [6.07, 6.45) is 1.84. The number of carbonyl (C=O) groups is 1. The van der Waals surface area contributed by atoms with E-state index < -0.39 is 0 Å². The van der Waals surface area contributed by atoms with E-state index in [9.17, 15) is 4.79 Å². The van der Waals surface area contributed by atoms with E-state index >= 15 is 0 Å². The Morgan fingerprint density at radius 1 is 1.17 bits per heavy atom. The quantitative estimate of drug-likeness (QED) is 0.780. The number of aromatic nitrogens is 1. The summed E-state index contributed by atoms with van der Waals surface area (Å²) in [7, 11) is 2.14. The monoisotopic (exact) mass is 396 g/mol. The van der Waals surface area contributed by atoms with E-state index in [0.29, 0.717) is 12.5 Å². The van der Waals surface area contributed by atoms with E-state index in [0.717, 1.165) is 43.3 Å². The molecular formula is C23H32N4O2. The molecule has 1 amide bonds. The van der Waals surface area contributed by atoms with Crippen molar-refractivity contribution in [3.63, 3.8) is 0 Å². The standard InChI is InChI=1S/C23H32N4O2/c1-17(2)21-7-6-20(13-18(21)3)29-16-23(28)25-15-19-5-8-22(24-14-19)27-11-9-26(4)10-12-27/h5-8,13-14,17H,9-12,15-16H2,1-4H3,(H,25,28). The largest absolute Gasteiger partial charge is 0.484 e. The molecule has 2 heterocycles. The highest BCUT2D eigenvalue weighted by Crippen LogP contribution is 2.23. The number of piperazine rings is 1. The fourth-order valence-corrected chi connectivity index (χ4v) is 3.53. The van der Waals surface area contributed by atoms with E-state index in [2.05, 4.69) is 54.0 Å². The Labute approximate surface area is 173 Å². The highest BCUT2D eigenvalue weighted by atomic mass is 16.5. The van der Waals surface area contributed by atoms with Crippen LogP contribution >= 0.6 is 0 Å². The van der Waals surface area contributed by atoms with Gasteiger partial charge in [-0.3, -0.25) is 4.79 Å². The number of hydrogen-bond donors (Lipinski definition) is 1. The number of carbonyl (C=O) groups excluding carboxylic acids is 1. The van der Waals surface area contributed by atoms with Crippen LogP contribution in [0.25, 0.3) is 0 Å². The maximum Gasteiger partial charge on any atom is 0.258 e. The smallest absolute Gasteiger partial charge is 0.258 e. The topological polar surface area (TPSA) is 57.7 Å². The van der Waals surface area contributed by atoms with Crippen LogP contribution in [0.5, 0.6) is 5.75 Å². The maximum absolute atomic E-state index is 12.1. The lowest BCUT2D eigenvalue weighted by Gasteiger charge is -2.33. The van der Waals surface area contributed by atoms with Crippen LogP contribution in [-0.2, 0) is 11.3 Å². The molecule has 6 nitrogen and oxygen atoms in total. The fraction of sp³-hybridized carbons (Fsp3) is 0.478. The Bertz CT molecular complexity index is 812. The number of amides is 1. The van der Waals surface area contributed by atoms with E-state index in [4.69, 9.17) is 4.74 Å². The summed E-state index contributed by atoms with van der Waals surface area (Å²) in [5.41, 5.74) is 3.46. The summed E-state index contributed by atoms with van der Waals surface area (Å²) in [4.78, 5) is 21.3. The van der Waals surface area contributed by atoms with Crippen LogP contribution < -0.4 is 15.0 Å². The van der Waals surface area contributed by atoms with Crippen LogP contribution in [0.2, 0.25) is 0 Å². The second-order valence-electron chi connectivity index (χ2n) is 8.05. The van der Waals surface area contributed by atoms with Crippen LogP contribution in [0.3, 0.4) is 0 Å². The molecule has 3 rings (SSSR count). The minimum Gasteiger partial charge on any atom is -0.484 e. The Balaban J connectivity index is 1.44. The number of hydrogen-bond acceptors (Lipinski definition) is 5. The Kier molecular flexibility index (Phi) is 7.09. The van der Waals surface area contributed by atoms with Gasteiger partial charge in [0.05, 0.1) is 0 Å². The Morgan fingerprint density at radius 2 is 1.93 bits per heavy atom. The summed E-state index contributed by atoms with van der Waals surface area (Å²) < 4.78 is 5.64. The number of nitrogens with zero attached hydrogens (tertiary/aromatic N) is 3. The first-order chi connectivity index (χ1) is 13.9. The molecule has 0 unspecified atom stereocenters. The van der Waals surface area contributed by atoms with E-state index in [1.165, 1.54) is 11.1 Å². The molecule has 1 N–H and O–H groups in total. The summed E-state index contributed by atoms with van der Waals surface area (Å²) in [6, 6.07) is 10.0. The van der Waals surface area contributed by atoms with E-state index in [-0.39, 0.29) is 12.5 Å². The van der Waals surface area contributed by atoms with Crippen LogP contribution in [0.15, 0.2) is 36.5 Å². The van der Waals surface area contributed by atoms with Crippen LogP contribution in [0, 0.1) is 6.92 Å². The van der Waals surface area contributed by atoms with Gasteiger partial charge < -0.3 is 19.9 Å². The van der Waals surface area contributed by atoms with E-state index in [1.54, 1.807) is 0 Å². The number of pyridine rings is 1. The molecule has 0 spiro atoms. The number of anilines is 1. The van der Waals surface area contributed by atoms with Gasteiger partial charge in [0, 0.05) is 38.9 Å². The van der Waals surface area contributed by atoms with Crippen LogP contribution in [0.4, 0.5) is 5.82 Å². The van der Waals surface area contributed by atoms with Gasteiger partial charge in [0.2, 0.25) is 0 Å². The van der Waals surface area contributed by atoms with Gasteiger partial charge in [-0.2, -0.15) is 0 Å². The predicted octanol–water partition coefficient (Wildman–Crippen LogP) is 2.96. The molecule has 0 atom stereocenters. The first kappa shape index (κ1) is 21.1. The molecule has 1 saturated heterocycles. The zero-order chi connectivity index (χ0) is 20.8. The van der Waals surface area contributed by atoms with Gasteiger partial charge >= 0.3 is 0 Å². The molecule has 1 aromatic heterocycles. The molecule has 1 aliphatic heterocycles. The molecule has 0 saturated carbocycles. The lowest BCUT2D eigenvalue weighted by molar-refractivity contribution is -0.123. The minimum atomic E-state index is -0.140. The predicted molar refractivity (Wildman–Crippen MR) is 117 cm³/mol. The molecule has 1 fully saturated rings. The minimum absolute atomic E-state index is 0.00722. The van der Waals surface area contributed by atoms with Crippen molar-refractivity contribution in [1.82, 2.24) is 15.2 Å². The first-order valence-electron chi connectivity index (χ1n) is 10.3. The fourth-order valence-electron chi connectivity index (χ4n) is 3.53. The molecule has 0 radical (unpaired) electrons. The second kappa shape index (κ2) is 9.74. The average molecular weight is 397 g/mol. The number of aryl methyl sites for hydroxylation is 1. The zero-order valence-corrected chi connectivity index (χ0v) is 17.9. The lowest BCUT2D eigenvalue weighted by Crippen LogP contribution is -2.44. The molecular weight excluding hydrogens is 364 g/mol. The molecule has 0 bridgehead atoms. The highest BCUT2D eigenvalue weighted by Gasteiger charge is 2.15. The van der Waals surface area contributed by atoms with Gasteiger partial charge in [-0.05, 0) is 54.8 Å². The van der Waals surface area contributed by atoms with Crippen molar-refractivity contribution in [1.29, 1.82) is 0 Å². The van der Waals surface area contributed by atoms with Gasteiger partial charge in [0.15, 0.2) is 6.61 Å². The molecule has 6 heteroatoms. The number of nitrogens with one attached hydrogen (secondary N) is 1. The Morgan fingerprint density at radius 3 is 2.55 bits per heavy atom. The summed E-state index contributed by atoms with van der Waals surface area (Å²) >= 11 is 0. The third-order valence-corrected chi connectivity index (χ3v) is 5.36. The van der Waals surface area contributed by atoms with Crippen molar-refractivity contribution in [3.05, 3.63) is 53.2 Å². The number of rotatable bonds is 7. The van der Waals surface area contributed by atoms with Crippen molar-refractivity contribution >= 4 is 11.7 Å². The summed E-state index contributed by atoms with van der Waals surface area (Å²) in [5, 5.41) is 2.89. The van der Waals surface area contributed by atoms with Gasteiger partial charge in [-0.15, -0.1) is 0 Å². The summed E-state index contributed by atoms with van der Waals surface area (Å²) in [6.45, 7) is 11.0. The number of likely N-dealkylation sites (N-methyl/N-ethyl adjacent to an activating group) is 1. The normalized spacial score (nSPS) is 14.9. The molecule has 2 aromatic rings. The van der Waals surface area contributed by atoms with Crippen LogP contribution in [-0.4, -0.2) is 55.6 Å². The number of ether oxygens (including phenoxy) is 1. The first-order valence-corrected chi connectivity index (χ1v) is 10.3.